The predicted octanol–water partition coefficient (Wildman–Crippen LogP) is 2.85. The Morgan fingerprint density at radius 1 is 1.64 bits per heavy atom. The number of hydrogen-bond donors (Lipinski definition) is 0. The summed E-state index contributed by atoms with van der Waals surface area (Å²) in [6, 6.07) is 2.14. The summed E-state index contributed by atoms with van der Waals surface area (Å²) >= 11 is 1.78. The van der Waals surface area contributed by atoms with Crippen LogP contribution >= 0.6 is 11.3 Å². The zero-order valence-electron chi connectivity index (χ0n) is 6.41. The SMILES string of the molecule is COC1CC=Cc2ccsc21. The highest BCUT2D eigenvalue weighted by Gasteiger charge is 2.16. The van der Waals surface area contributed by atoms with Gasteiger partial charge in [-0.15, -0.1) is 11.3 Å². The predicted molar refractivity (Wildman–Crippen MR) is 47.7 cm³/mol. The van der Waals surface area contributed by atoms with E-state index in [2.05, 4.69) is 23.6 Å². The smallest absolute Gasteiger partial charge is 0.0953 e. The maximum absolute atomic E-state index is 5.34. The third kappa shape index (κ3) is 1.12. The Bertz CT molecular complexity index is 275. The lowest BCUT2D eigenvalue weighted by Crippen LogP contribution is -2.01. The Hall–Kier alpha value is -0.600. The number of rotatable bonds is 1. The number of ether oxygens (including phenoxy) is 1. The minimum absolute atomic E-state index is 0.301. The van der Waals surface area contributed by atoms with Gasteiger partial charge in [-0.3, -0.25) is 0 Å². The first-order valence-electron chi connectivity index (χ1n) is 3.68. The molecule has 0 saturated carbocycles. The molecule has 0 aromatic carbocycles. The summed E-state index contributed by atoms with van der Waals surface area (Å²) in [5, 5.41) is 2.12. The molecule has 0 fully saturated rings. The first kappa shape index (κ1) is 7.07. The molecule has 11 heavy (non-hydrogen) atoms. The van der Waals surface area contributed by atoms with Crippen LogP contribution in [0.5, 0.6) is 0 Å². The molecule has 0 saturated heterocycles. The molecule has 0 radical (unpaired) electrons. The fourth-order valence-corrected chi connectivity index (χ4v) is 2.34. The molecule has 1 atom stereocenters. The zero-order chi connectivity index (χ0) is 7.68. The summed E-state index contributed by atoms with van der Waals surface area (Å²) in [6.07, 6.45) is 5.66. The van der Waals surface area contributed by atoms with Crippen molar-refractivity contribution < 1.29 is 4.74 Å². The molecule has 1 aliphatic rings. The van der Waals surface area contributed by atoms with Gasteiger partial charge in [0.2, 0.25) is 0 Å². The molecule has 0 N–H and O–H groups in total. The second-order valence-corrected chi connectivity index (χ2v) is 3.55. The summed E-state index contributed by atoms with van der Waals surface area (Å²) in [6.45, 7) is 0. The first-order valence-corrected chi connectivity index (χ1v) is 4.56. The summed E-state index contributed by atoms with van der Waals surface area (Å²) in [5.41, 5.74) is 1.33. The minimum Gasteiger partial charge on any atom is -0.376 e. The monoisotopic (exact) mass is 166 g/mol. The van der Waals surface area contributed by atoms with Gasteiger partial charge in [0, 0.05) is 12.0 Å². The minimum atomic E-state index is 0.301. The highest BCUT2D eigenvalue weighted by molar-refractivity contribution is 7.10. The molecule has 0 amide bonds. The van der Waals surface area contributed by atoms with Crippen molar-refractivity contribution in [2.75, 3.05) is 7.11 Å². The number of hydrogen-bond acceptors (Lipinski definition) is 2. The van der Waals surface area contributed by atoms with Crippen molar-refractivity contribution in [3.05, 3.63) is 28.0 Å². The highest BCUT2D eigenvalue weighted by atomic mass is 32.1. The molecular formula is C9H10OS. The van der Waals surface area contributed by atoms with E-state index in [9.17, 15) is 0 Å². The zero-order valence-corrected chi connectivity index (χ0v) is 7.23. The van der Waals surface area contributed by atoms with Crippen molar-refractivity contribution in [1.82, 2.24) is 0 Å². The fraction of sp³-hybridized carbons (Fsp3) is 0.333. The molecule has 2 rings (SSSR count). The van der Waals surface area contributed by atoms with Gasteiger partial charge in [-0.25, -0.2) is 0 Å². The lowest BCUT2D eigenvalue weighted by atomic mass is 10.0. The molecule has 1 aromatic rings. The van der Waals surface area contributed by atoms with Gasteiger partial charge in [0.25, 0.3) is 0 Å². The van der Waals surface area contributed by atoms with E-state index in [0.717, 1.165) is 6.42 Å². The molecule has 58 valence electrons. The van der Waals surface area contributed by atoms with E-state index in [1.165, 1.54) is 10.4 Å². The van der Waals surface area contributed by atoms with Gasteiger partial charge in [-0.1, -0.05) is 12.2 Å². The molecule has 1 nitrogen and oxygen atoms in total. The lowest BCUT2D eigenvalue weighted by Gasteiger charge is -2.15. The normalized spacial score (nSPS) is 21.7. The lowest BCUT2D eigenvalue weighted by molar-refractivity contribution is 0.108. The Labute approximate surface area is 70.3 Å². The van der Waals surface area contributed by atoms with Gasteiger partial charge in [0.15, 0.2) is 0 Å². The van der Waals surface area contributed by atoms with Crippen molar-refractivity contribution >= 4 is 17.4 Å². The Kier molecular flexibility index (Phi) is 1.80. The quantitative estimate of drug-likeness (QED) is 0.623. The van der Waals surface area contributed by atoms with E-state index in [1.54, 1.807) is 18.4 Å². The van der Waals surface area contributed by atoms with Crippen LogP contribution in [0.1, 0.15) is 23.0 Å². The summed E-state index contributed by atoms with van der Waals surface area (Å²) < 4.78 is 5.34. The van der Waals surface area contributed by atoms with Gasteiger partial charge >= 0.3 is 0 Å². The fourth-order valence-electron chi connectivity index (χ4n) is 1.36. The topological polar surface area (TPSA) is 9.23 Å². The summed E-state index contributed by atoms with van der Waals surface area (Å²) in [5.74, 6) is 0. The van der Waals surface area contributed by atoms with Crippen LogP contribution in [0, 0.1) is 0 Å². The van der Waals surface area contributed by atoms with Crippen molar-refractivity contribution in [3.63, 3.8) is 0 Å². The van der Waals surface area contributed by atoms with E-state index in [0.29, 0.717) is 6.10 Å². The molecule has 0 bridgehead atoms. The van der Waals surface area contributed by atoms with Crippen LogP contribution in [0.2, 0.25) is 0 Å². The van der Waals surface area contributed by atoms with E-state index in [-0.39, 0.29) is 0 Å². The van der Waals surface area contributed by atoms with Crippen LogP contribution in [0.15, 0.2) is 17.5 Å². The van der Waals surface area contributed by atoms with Crippen LogP contribution < -0.4 is 0 Å². The average molecular weight is 166 g/mol. The maximum Gasteiger partial charge on any atom is 0.0953 e. The highest BCUT2D eigenvalue weighted by Crippen LogP contribution is 2.33. The number of fused-ring (bicyclic) bond motifs is 1. The van der Waals surface area contributed by atoms with Crippen LogP contribution in [0.4, 0.5) is 0 Å². The van der Waals surface area contributed by atoms with Crippen LogP contribution in [-0.4, -0.2) is 7.11 Å². The summed E-state index contributed by atoms with van der Waals surface area (Å²) in [7, 11) is 1.77. The Morgan fingerprint density at radius 3 is 3.36 bits per heavy atom. The first-order chi connectivity index (χ1) is 5.42. The molecule has 1 aliphatic carbocycles. The third-order valence-corrected chi connectivity index (χ3v) is 2.98. The maximum atomic E-state index is 5.34. The van der Waals surface area contributed by atoms with Crippen molar-refractivity contribution in [1.29, 1.82) is 0 Å². The third-order valence-electron chi connectivity index (χ3n) is 1.95. The second kappa shape index (κ2) is 2.80. The van der Waals surface area contributed by atoms with Crippen molar-refractivity contribution in [2.24, 2.45) is 0 Å². The molecule has 1 heterocycles. The van der Waals surface area contributed by atoms with Gasteiger partial charge in [0.1, 0.15) is 0 Å². The van der Waals surface area contributed by atoms with Gasteiger partial charge in [-0.2, -0.15) is 0 Å². The van der Waals surface area contributed by atoms with Gasteiger partial charge < -0.3 is 4.74 Å². The molecular weight excluding hydrogens is 156 g/mol. The average Bonchev–Trinajstić information content (AvgIpc) is 2.50. The standard InChI is InChI=1S/C9H10OS/c1-10-8-4-2-3-7-5-6-11-9(7)8/h2-3,5-6,8H,4H2,1H3. The van der Waals surface area contributed by atoms with E-state index < -0.39 is 0 Å². The van der Waals surface area contributed by atoms with E-state index >= 15 is 0 Å². The number of thiophene rings is 1. The van der Waals surface area contributed by atoms with Gasteiger partial charge in [-0.05, 0) is 23.4 Å². The van der Waals surface area contributed by atoms with Crippen LogP contribution in [0.25, 0.3) is 6.08 Å². The molecule has 1 aromatic heterocycles. The van der Waals surface area contributed by atoms with Gasteiger partial charge in [0.05, 0.1) is 6.10 Å². The molecule has 0 aliphatic heterocycles. The van der Waals surface area contributed by atoms with Crippen molar-refractivity contribution in [2.45, 2.75) is 12.5 Å². The Morgan fingerprint density at radius 2 is 2.55 bits per heavy atom. The van der Waals surface area contributed by atoms with Crippen LogP contribution in [0.3, 0.4) is 0 Å². The largest absolute Gasteiger partial charge is 0.376 e. The Balaban J connectivity index is 2.41. The molecule has 1 unspecified atom stereocenters. The van der Waals surface area contributed by atoms with E-state index in [1.807, 2.05) is 0 Å². The van der Waals surface area contributed by atoms with Crippen molar-refractivity contribution in [3.8, 4) is 0 Å². The number of methoxy groups -OCH3 is 1. The second-order valence-electron chi connectivity index (χ2n) is 2.60. The van der Waals surface area contributed by atoms with E-state index in [4.69, 9.17) is 4.74 Å². The summed E-state index contributed by atoms with van der Waals surface area (Å²) in [4.78, 5) is 1.37. The van der Waals surface area contributed by atoms with Crippen LogP contribution in [-0.2, 0) is 4.74 Å². The molecule has 0 spiro atoms. The molecule has 2 heteroatoms.